The second-order valence-electron chi connectivity index (χ2n) is 10.5. The highest BCUT2D eigenvalue weighted by molar-refractivity contribution is 6.72. The van der Waals surface area contributed by atoms with Crippen LogP contribution in [0.15, 0.2) is 24.5 Å². The van der Waals surface area contributed by atoms with Gasteiger partial charge in [-0.05, 0) is 68.1 Å². The van der Waals surface area contributed by atoms with Gasteiger partial charge in [0.1, 0.15) is 28.7 Å². The molecule has 1 aliphatic rings. The fraction of sp³-hybridized carbons (Fsp3) is 0.500. The number of carbonyl (C=O) groups is 3. The van der Waals surface area contributed by atoms with Crippen LogP contribution in [0.1, 0.15) is 59.9 Å². The zero-order valence-corrected chi connectivity index (χ0v) is 24.9. The molecule has 3 rings (SSSR count). The summed E-state index contributed by atoms with van der Waals surface area (Å²) in [7, 11) is -2.44. The van der Waals surface area contributed by atoms with Crippen LogP contribution in [0.2, 0.25) is 28.4 Å². The molecule has 1 N–H and O–H groups in total. The maximum atomic E-state index is 13.7. The number of ether oxygens (including phenoxy) is 1. The van der Waals surface area contributed by atoms with Crippen LogP contribution in [0.25, 0.3) is 0 Å². The smallest absolute Gasteiger partial charge is 0.325 e. The third-order valence-corrected chi connectivity index (χ3v) is 11.4. The molecule has 0 spiro atoms. The van der Waals surface area contributed by atoms with Gasteiger partial charge in [0, 0.05) is 24.3 Å². The molecule has 9 nitrogen and oxygen atoms in total. The highest BCUT2D eigenvalue weighted by Crippen LogP contribution is 2.40. The number of carbonyl (C=O) groups excluding carboxylic acids is 3. The van der Waals surface area contributed by atoms with Crippen molar-refractivity contribution in [1.29, 1.82) is 0 Å². The largest absolute Gasteiger partial charge is 0.465 e. The molecule has 0 radical (unpaired) electrons. The van der Waals surface area contributed by atoms with Crippen LogP contribution in [0.3, 0.4) is 0 Å². The molecule has 0 bridgehead atoms. The van der Waals surface area contributed by atoms with E-state index in [-0.39, 0.29) is 40.0 Å². The highest BCUT2D eigenvalue weighted by Gasteiger charge is 2.38. The molecule has 0 atom stereocenters. The Morgan fingerprint density at radius 3 is 2.47 bits per heavy atom. The van der Waals surface area contributed by atoms with Gasteiger partial charge in [-0.25, -0.2) is 9.97 Å². The van der Waals surface area contributed by atoms with Crippen molar-refractivity contribution in [2.75, 3.05) is 31.1 Å². The van der Waals surface area contributed by atoms with E-state index in [1.54, 1.807) is 24.0 Å². The number of amides is 2. The molecular formula is C26H34Cl2N4O5Si. The van der Waals surface area contributed by atoms with E-state index >= 15 is 0 Å². The predicted octanol–water partition coefficient (Wildman–Crippen LogP) is 4.75. The lowest BCUT2D eigenvalue weighted by Gasteiger charge is -2.36. The first-order valence-electron chi connectivity index (χ1n) is 12.5. The first-order valence-corrected chi connectivity index (χ1v) is 16.2. The minimum absolute atomic E-state index is 0.00126. The zero-order valence-electron chi connectivity index (χ0n) is 22.4. The van der Waals surface area contributed by atoms with Crippen LogP contribution >= 0.6 is 23.2 Å². The van der Waals surface area contributed by atoms with E-state index in [4.69, 9.17) is 27.9 Å². The molecule has 0 unspecified atom stereocenters. The molecular weight excluding hydrogens is 547 g/mol. The molecule has 2 heterocycles. The molecule has 0 aliphatic carbocycles. The summed E-state index contributed by atoms with van der Waals surface area (Å²) in [5.74, 6) is -1.17. The number of aromatic nitrogens is 2. The second-order valence-corrected chi connectivity index (χ2v) is 15.6. The van der Waals surface area contributed by atoms with Gasteiger partial charge >= 0.3 is 5.97 Å². The van der Waals surface area contributed by atoms with Crippen molar-refractivity contribution >= 4 is 55.0 Å². The van der Waals surface area contributed by atoms with Crippen LogP contribution in [0.5, 0.6) is 0 Å². The van der Waals surface area contributed by atoms with E-state index < -0.39 is 20.2 Å². The third-order valence-electron chi connectivity index (χ3n) is 7.25. The topological polar surface area (TPSA) is 113 Å². The van der Waals surface area contributed by atoms with Gasteiger partial charge in [0.25, 0.3) is 11.8 Å². The molecule has 0 fully saturated rings. The number of anilines is 1. The van der Waals surface area contributed by atoms with Gasteiger partial charge in [-0.3, -0.25) is 14.4 Å². The SMILES string of the molecule is CCOC(=O)CN1CCc2cc(N(CCCC(C)(C)[Si](C)(C)O)C(=O)c3c(Cl)ncnc3Cl)ccc2C1=O. The summed E-state index contributed by atoms with van der Waals surface area (Å²) in [6.45, 7) is 10.4. The van der Waals surface area contributed by atoms with Crippen molar-refractivity contribution in [1.82, 2.24) is 14.9 Å². The van der Waals surface area contributed by atoms with Gasteiger partial charge in [0.15, 0.2) is 8.32 Å². The van der Waals surface area contributed by atoms with Gasteiger partial charge in [0.2, 0.25) is 0 Å². The fourth-order valence-corrected chi connectivity index (χ4v) is 5.46. The fourth-order valence-electron chi connectivity index (χ4n) is 4.19. The van der Waals surface area contributed by atoms with Crippen molar-refractivity contribution in [2.45, 2.75) is 58.2 Å². The molecule has 38 heavy (non-hydrogen) atoms. The van der Waals surface area contributed by atoms with Crippen molar-refractivity contribution < 1.29 is 23.9 Å². The Bertz CT molecular complexity index is 1200. The van der Waals surface area contributed by atoms with Crippen LogP contribution in [0.4, 0.5) is 5.69 Å². The molecule has 206 valence electrons. The van der Waals surface area contributed by atoms with E-state index in [0.717, 1.165) is 5.56 Å². The van der Waals surface area contributed by atoms with Crippen molar-refractivity contribution in [2.24, 2.45) is 0 Å². The van der Waals surface area contributed by atoms with E-state index in [0.29, 0.717) is 43.6 Å². The Balaban J connectivity index is 1.91. The minimum Gasteiger partial charge on any atom is -0.465 e. The number of benzene rings is 1. The second kappa shape index (κ2) is 12.1. The van der Waals surface area contributed by atoms with Gasteiger partial charge in [-0.15, -0.1) is 0 Å². The number of rotatable bonds is 10. The molecule has 0 saturated heterocycles. The highest BCUT2D eigenvalue weighted by atomic mass is 35.5. The molecule has 1 aliphatic heterocycles. The Morgan fingerprint density at radius 1 is 1.21 bits per heavy atom. The normalized spacial score (nSPS) is 13.8. The van der Waals surface area contributed by atoms with Gasteiger partial charge < -0.3 is 19.3 Å². The maximum absolute atomic E-state index is 13.7. The first kappa shape index (κ1) is 30.0. The Kier molecular flexibility index (Phi) is 9.56. The van der Waals surface area contributed by atoms with E-state index in [9.17, 15) is 19.2 Å². The Hall–Kier alpha value is -2.53. The monoisotopic (exact) mass is 580 g/mol. The van der Waals surface area contributed by atoms with E-state index in [1.807, 2.05) is 33.0 Å². The van der Waals surface area contributed by atoms with Crippen LogP contribution in [-0.2, 0) is 16.0 Å². The maximum Gasteiger partial charge on any atom is 0.325 e. The van der Waals surface area contributed by atoms with Crippen LogP contribution in [0, 0.1) is 0 Å². The van der Waals surface area contributed by atoms with Crippen molar-refractivity contribution in [3.8, 4) is 0 Å². The number of halogens is 2. The standard InChI is InChI=1S/C26H34Cl2N4O5Si/c1-6-37-20(33)15-31-13-10-17-14-18(8-9-19(17)24(31)34)32(12-7-11-26(2,3)38(4,5)36)25(35)21-22(27)29-16-30-23(21)28/h8-9,14,16,36H,6-7,10-13,15H2,1-5H3. The summed E-state index contributed by atoms with van der Waals surface area (Å²) >= 11 is 12.5. The molecule has 1 aromatic carbocycles. The molecule has 12 heteroatoms. The van der Waals surface area contributed by atoms with E-state index in [1.165, 1.54) is 11.2 Å². The average Bonchev–Trinajstić information content (AvgIpc) is 2.82. The summed E-state index contributed by atoms with van der Waals surface area (Å²) in [6, 6.07) is 5.18. The lowest BCUT2D eigenvalue weighted by molar-refractivity contribution is -0.143. The molecule has 0 saturated carbocycles. The van der Waals surface area contributed by atoms with Gasteiger partial charge in [-0.1, -0.05) is 37.0 Å². The number of hydrogen-bond acceptors (Lipinski definition) is 7. The minimum atomic E-state index is -2.44. The average molecular weight is 582 g/mol. The molecule has 2 amide bonds. The summed E-state index contributed by atoms with van der Waals surface area (Å²) in [5.41, 5.74) is 1.83. The van der Waals surface area contributed by atoms with Crippen molar-refractivity contribution in [3.05, 3.63) is 51.5 Å². The molecule has 2 aromatic rings. The number of esters is 1. The summed E-state index contributed by atoms with van der Waals surface area (Å²) in [6.07, 6.45) is 3.02. The van der Waals surface area contributed by atoms with Gasteiger partial charge in [0.05, 0.1) is 6.61 Å². The summed E-state index contributed by atoms with van der Waals surface area (Å²) < 4.78 is 4.98. The predicted molar refractivity (Wildman–Crippen MR) is 149 cm³/mol. The third kappa shape index (κ3) is 6.72. The van der Waals surface area contributed by atoms with Crippen LogP contribution < -0.4 is 4.90 Å². The molecule has 1 aromatic heterocycles. The summed E-state index contributed by atoms with van der Waals surface area (Å²) in [4.78, 5) is 60.2. The van der Waals surface area contributed by atoms with Crippen LogP contribution in [-0.4, -0.2) is 72.0 Å². The van der Waals surface area contributed by atoms with Crippen molar-refractivity contribution in [3.63, 3.8) is 0 Å². The lowest BCUT2D eigenvalue weighted by Crippen LogP contribution is -2.41. The van der Waals surface area contributed by atoms with E-state index in [2.05, 4.69) is 9.97 Å². The zero-order chi connectivity index (χ0) is 28.3. The summed E-state index contributed by atoms with van der Waals surface area (Å²) in [5, 5.41) is -0.365. The number of fused-ring (bicyclic) bond motifs is 1. The lowest BCUT2D eigenvalue weighted by atomic mass is 9.97. The number of nitrogens with zero attached hydrogens (tertiary/aromatic N) is 4. The number of hydrogen-bond donors (Lipinski definition) is 1. The Morgan fingerprint density at radius 2 is 1.87 bits per heavy atom. The van der Waals surface area contributed by atoms with Gasteiger partial charge in [-0.2, -0.15) is 0 Å². The Labute approximate surface area is 234 Å². The first-order chi connectivity index (χ1) is 17.8. The quantitative estimate of drug-likeness (QED) is 0.245.